The first-order valence-corrected chi connectivity index (χ1v) is 7.81. The average molecular weight is 320 g/mol. The van der Waals surface area contributed by atoms with Gasteiger partial charge < -0.3 is 0 Å². The fourth-order valence-corrected chi connectivity index (χ4v) is 2.81. The number of carbonyl (C=O) groups is 1. The molecule has 2 heterocycles. The Labute approximate surface area is 141 Å². The van der Waals surface area contributed by atoms with Crippen molar-refractivity contribution >= 4 is 11.9 Å². The van der Waals surface area contributed by atoms with Crippen molar-refractivity contribution < 1.29 is 4.79 Å². The predicted octanol–water partition coefficient (Wildman–Crippen LogP) is 3.43. The van der Waals surface area contributed by atoms with Gasteiger partial charge >= 0.3 is 0 Å². The number of benzene rings is 1. The first kappa shape index (κ1) is 15.9. The summed E-state index contributed by atoms with van der Waals surface area (Å²) >= 11 is 0. The molecule has 0 fully saturated rings. The van der Waals surface area contributed by atoms with Gasteiger partial charge in [0.2, 0.25) is 0 Å². The summed E-state index contributed by atoms with van der Waals surface area (Å²) in [6.45, 7) is 5.80. The number of aromatic nitrogens is 4. The number of rotatable bonds is 4. The zero-order valence-electron chi connectivity index (χ0n) is 14.3. The highest BCUT2D eigenvalue weighted by molar-refractivity contribution is 6.07. The molecule has 24 heavy (non-hydrogen) atoms. The van der Waals surface area contributed by atoms with Crippen LogP contribution in [-0.4, -0.2) is 25.3 Å². The van der Waals surface area contributed by atoms with Crippen molar-refractivity contribution in [3.8, 4) is 5.69 Å². The van der Waals surface area contributed by atoms with E-state index >= 15 is 0 Å². The molecule has 3 aromatic rings. The molecule has 0 radical (unpaired) electrons. The first-order chi connectivity index (χ1) is 11.5. The SMILES string of the molecule is Cc1nn(C)cc1C(=O)/C=C/c1c(C)nn(-c2ccccc2)c1C. The highest BCUT2D eigenvalue weighted by atomic mass is 16.1. The smallest absolute Gasteiger partial charge is 0.189 e. The predicted molar refractivity (Wildman–Crippen MR) is 94.3 cm³/mol. The third-order valence-electron chi connectivity index (χ3n) is 4.03. The topological polar surface area (TPSA) is 52.7 Å². The molecule has 0 bridgehead atoms. The van der Waals surface area contributed by atoms with Crippen LogP contribution in [0, 0.1) is 20.8 Å². The van der Waals surface area contributed by atoms with E-state index in [1.807, 2.05) is 68.9 Å². The van der Waals surface area contributed by atoms with Crippen LogP contribution >= 0.6 is 0 Å². The summed E-state index contributed by atoms with van der Waals surface area (Å²) in [6, 6.07) is 9.96. The molecular formula is C19H20N4O. The Balaban J connectivity index is 1.92. The van der Waals surface area contributed by atoms with Crippen molar-refractivity contribution in [3.63, 3.8) is 0 Å². The molecule has 3 rings (SSSR count). The van der Waals surface area contributed by atoms with Crippen molar-refractivity contribution in [1.29, 1.82) is 0 Å². The largest absolute Gasteiger partial charge is 0.289 e. The molecule has 122 valence electrons. The van der Waals surface area contributed by atoms with Crippen molar-refractivity contribution in [2.24, 2.45) is 7.05 Å². The van der Waals surface area contributed by atoms with Crippen molar-refractivity contribution in [2.75, 3.05) is 0 Å². The zero-order chi connectivity index (χ0) is 17.3. The van der Waals surface area contributed by atoms with Crippen LogP contribution in [0.1, 0.15) is 33.0 Å². The Bertz CT molecular complexity index is 916. The van der Waals surface area contributed by atoms with Crippen LogP contribution in [0.4, 0.5) is 0 Å². The highest BCUT2D eigenvalue weighted by Crippen LogP contribution is 2.19. The Kier molecular flexibility index (Phi) is 4.16. The van der Waals surface area contributed by atoms with Gasteiger partial charge in [0.15, 0.2) is 5.78 Å². The molecule has 0 N–H and O–H groups in total. The van der Waals surface area contributed by atoms with Crippen LogP contribution in [0.3, 0.4) is 0 Å². The van der Waals surface area contributed by atoms with Gasteiger partial charge in [0, 0.05) is 24.5 Å². The molecular weight excluding hydrogens is 300 g/mol. The van der Waals surface area contributed by atoms with Crippen molar-refractivity contribution in [2.45, 2.75) is 20.8 Å². The van der Waals surface area contributed by atoms with Gasteiger partial charge in [-0.15, -0.1) is 0 Å². The minimum atomic E-state index is -0.0492. The normalized spacial score (nSPS) is 11.3. The lowest BCUT2D eigenvalue weighted by Crippen LogP contribution is -1.98. The summed E-state index contributed by atoms with van der Waals surface area (Å²) < 4.78 is 3.55. The van der Waals surface area contributed by atoms with Crippen LogP contribution in [0.15, 0.2) is 42.6 Å². The lowest BCUT2D eigenvalue weighted by Gasteiger charge is -2.03. The second-order valence-electron chi connectivity index (χ2n) is 5.83. The van der Waals surface area contributed by atoms with E-state index in [0.717, 1.165) is 28.3 Å². The number of hydrogen-bond donors (Lipinski definition) is 0. The Hall–Kier alpha value is -2.95. The van der Waals surface area contributed by atoms with Gasteiger partial charge in [0.05, 0.1) is 22.6 Å². The molecule has 5 heteroatoms. The van der Waals surface area contributed by atoms with E-state index < -0.39 is 0 Å². The molecule has 0 atom stereocenters. The van der Waals surface area contributed by atoms with E-state index in [2.05, 4.69) is 10.2 Å². The number of aryl methyl sites for hydroxylation is 3. The Morgan fingerprint density at radius 2 is 1.75 bits per heavy atom. The van der Waals surface area contributed by atoms with Gasteiger partial charge in [-0.25, -0.2) is 4.68 Å². The third-order valence-corrected chi connectivity index (χ3v) is 4.03. The van der Waals surface area contributed by atoms with E-state index in [9.17, 15) is 4.79 Å². The maximum absolute atomic E-state index is 12.4. The van der Waals surface area contributed by atoms with E-state index in [1.165, 1.54) is 0 Å². The van der Waals surface area contributed by atoms with E-state index in [-0.39, 0.29) is 5.78 Å². The quantitative estimate of drug-likeness (QED) is 0.547. The number of hydrogen-bond acceptors (Lipinski definition) is 3. The van der Waals surface area contributed by atoms with Gasteiger partial charge in [-0.1, -0.05) is 18.2 Å². The van der Waals surface area contributed by atoms with Gasteiger partial charge in [-0.05, 0) is 45.1 Å². The van der Waals surface area contributed by atoms with Crippen LogP contribution in [0.5, 0.6) is 0 Å². The third kappa shape index (κ3) is 2.93. The first-order valence-electron chi connectivity index (χ1n) is 7.81. The van der Waals surface area contributed by atoms with E-state index in [0.29, 0.717) is 5.56 Å². The summed E-state index contributed by atoms with van der Waals surface area (Å²) in [5.74, 6) is -0.0492. The maximum Gasteiger partial charge on any atom is 0.189 e. The van der Waals surface area contributed by atoms with Gasteiger partial charge in [0.1, 0.15) is 0 Å². The Morgan fingerprint density at radius 3 is 2.38 bits per heavy atom. The molecule has 0 saturated heterocycles. The molecule has 5 nitrogen and oxygen atoms in total. The number of nitrogens with zero attached hydrogens (tertiary/aromatic N) is 4. The molecule has 0 aliphatic heterocycles. The fraction of sp³-hybridized carbons (Fsp3) is 0.211. The molecule has 0 saturated carbocycles. The van der Waals surface area contributed by atoms with Crippen LogP contribution in [0.2, 0.25) is 0 Å². The van der Waals surface area contributed by atoms with Crippen molar-refractivity contribution in [3.05, 3.63) is 70.8 Å². The van der Waals surface area contributed by atoms with E-state index in [1.54, 1.807) is 17.0 Å². The standard InChI is InChI=1S/C19H20N4O/c1-13-17(10-11-19(24)18-12-22(4)20-14(18)2)15(3)23(21-13)16-8-6-5-7-9-16/h5-12H,1-4H3/b11-10+. The lowest BCUT2D eigenvalue weighted by molar-refractivity contribution is 0.104. The summed E-state index contributed by atoms with van der Waals surface area (Å²) in [5, 5.41) is 8.80. The van der Waals surface area contributed by atoms with Crippen LogP contribution in [-0.2, 0) is 7.05 Å². The minimum absolute atomic E-state index is 0.0492. The molecule has 1 aromatic carbocycles. The summed E-state index contributed by atoms with van der Waals surface area (Å²) in [4.78, 5) is 12.4. The molecule has 0 aliphatic carbocycles. The molecule has 0 amide bonds. The zero-order valence-corrected chi connectivity index (χ0v) is 14.3. The van der Waals surface area contributed by atoms with E-state index in [4.69, 9.17) is 0 Å². The summed E-state index contributed by atoms with van der Waals surface area (Å²) in [5.41, 5.74) is 5.23. The van der Waals surface area contributed by atoms with Crippen LogP contribution in [0.25, 0.3) is 11.8 Å². The maximum atomic E-state index is 12.4. The number of carbonyl (C=O) groups excluding carboxylic acids is 1. The highest BCUT2D eigenvalue weighted by Gasteiger charge is 2.13. The second kappa shape index (κ2) is 6.28. The minimum Gasteiger partial charge on any atom is -0.289 e. The molecule has 0 spiro atoms. The average Bonchev–Trinajstić information content (AvgIpc) is 3.05. The summed E-state index contributed by atoms with van der Waals surface area (Å²) in [7, 11) is 1.81. The van der Waals surface area contributed by atoms with Crippen LogP contribution < -0.4 is 0 Å². The monoisotopic (exact) mass is 320 g/mol. The molecule has 0 unspecified atom stereocenters. The van der Waals surface area contributed by atoms with Crippen molar-refractivity contribution in [1.82, 2.24) is 19.6 Å². The van der Waals surface area contributed by atoms with Gasteiger partial charge in [-0.2, -0.15) is 10.2 Å². The van der Waals surface area contributed by atoms with Gasteiger partial charge in [-0.3, -0.25) is 9.48 Å². The molecule has 2 aromatic heterocycles. The molecule has 0 aliphatic rings. The van der Waals surface area contributed by atoms with Gasteiger partial charge in [0.25, 0.3) is 0 Å². The second-order valence-corrected chi connectivity index (χ2v) is 5.83. The number of para-hydroxylation sites is 1. The number of allylic oxidation sites excluding steroid dienone is 1. The fourth-order valence-electron chi connectivity index (χ4n) is 2.81. The Morgan fingerprint density at radius 1 is 1.04 bits per heavy atom. The lowest BCUT2D eigenvalue weighted by atomic mass is 10.1. The number of ketones is 1. The summed E-state index contributed by atoms with van der Waals surface area (Å²) in [6.07, 6.45) is 5.18.